The summed E-state index contributed by atoms with van der Waals surface area (Å²) in [5.74, 6) is -0.879. The Kier molecular flexibility index (Phi) is 21.2. The van der Waals surface area contributed by atoms with Gasteiger partial charge in [-0.1, -0.05) is 70.6 Å². The van der Waals surface area contributed by atoms with Gasteiger partial charge in [-0.15, -0.1) is 0 Å². The van der Waals surface area contributed by atoms with Gasteiger partial charge in [0.25, 0.3) is 0 Å². The summed E-state index contributed by atoms with van der Waals surface area (Å²) in [6.07, 6.45) is 12.6. The number of hydrogen-bond acceptors (Lipinski definition) is 3. The van der Waals surface area contributed by atoms with Crippen LogP contribution in [0.3, 0.4) is 0 Å². The quantitative estimate of drug-likeness (QED) is 0.629. The molecule has 152 valence electrons. The molecular weight excluding hydrogens is 354 g/mol. The smallest absolute Gasteiger partial charge is 0.335 e. The minimum Gasteiger partial charge on any atom is -0.478 e. The molecule has 0 aromatic heterocycles. The van der Waals surface area contributed by atoms with Gasteiger partial charge in [0.1, 0.15) is 0 Å². The van der Waals surface area contributed by atoms with E-state index < -0.39 is 5.97 Å². The van der Waals surface area contributed by atoms with E-state index in [4.69, 9.17) is 15.9 Å². The van der Waals surface area contributed by atoms with Crippen LogP contribution in [-0.4, -0.2) is 28.3 Å². The molecule has 2 fully saturated rings. The Bertz CT molecular complexity index is 401. The van der Waals surface area contributed by atoms with E-state index in [0.29, 0.717) is 11.6 Å². The maximum Gasteiger partial charge on any atom is 0.335 e. The molecule has 0 amide bonds. The Hall–Kier alpha value is -0.130. The Morgan fingerprint density at radius 1 is 0.885 bits per heavy atom. The van der Waals surface area contributed by atoms with Crippen LogP contribution >= 0.6 is 0 Å². The minimum absolute atomic E-state index is 0. The van der Waals surface area contributed by atoms with Crippen molar-refractivity contribution < 1.29 is 52.7 Å². The number of carboxylic acids is 1. The van der Waals surface area contributed by atoms with Crippen LogP contribution in [0.25, 0.3) is 0 Å². The second-order valence-electron chi connectivity index (χ2n) is 6.36. The molecule has 2 saturated carbocycles. The summed E-state index contributed by atoms with van der Waals surface area (Å²) >= 11 is 0. The predicted octanol–water partition coefficient (Wildman–Crippen LogP) is 5.00. The summed E-state index contributed by atoms with van der Waals surface area (Å²) in [5, 5.41) is 17.3. The Labute approximate surface area is 189 Å². The molecule has 1 aromatic rings. The first-order valence-corrected chi connectivity index (χ1v) is 9.81. The summed E-state index contributed by atoms with van der Waals surface area (Å²) in [6, 6.07) is 8.83. The van der Waals surface area contributed by atoms with E-state index in [1.54, 1.807) is 30.3 Å². The molecule has 2 aliphatic rings. The standard InChI is InChI=1S/C7H6O2.C6H13N.C6H12O.C2H6.Ar/c8-7(9)6-4-2-1-3-5-6;2*7-6-4-2-1-3-5-6;1-2;/h1-5H,(H,8,9);6H,1-5,7H2;6-7H,1-5H2;1-2H3;. The van der Waals surface area contributed by atoms with E-state index in [1.165, 1.54) is 51.4 Å². The molecule has 0 unspecified atom stereocenters. The predicted molar refractivity (Wildman–Crippen MR) is 105 cm³/mol. The van der Waals surface area contributed by atoms with Crippen molar-refractivity contribution in [1.29, 1.82) is 0 Å². The number of carbonyl (C=O) groups is 1. The van der Waals surface area contributed by atoms with Gasteiger partial charge in [-0.25, -0.2) is 4.79 Å². The van der Waals surface area contributed by atoms with Gasteiger partial charge >= 0.3 is 5.97 Å². The van der Waals surface area contributed by atoms with Gasteiger partial charge in [0.15, 0.2) is 0 Å². The average molecular weight is 391 g/mol. The molecule has 0 saturated heterocycles. The third-order valence-electron chi connectivity index (χ3n) is 4.25. The van der Waals surface area contributed by atoms with Crippen molar-refractivity contribution in [3.05, 3.63) is 35.9 Å². The molecule has 3 rings (SSSR count). The summed E-state index contributed by atoms with van der Waals surface area (Å²) < 4.78 is 0. The van der Waals surface area contributed by atoms with Crippen LogP contribution in [-0.2, 0) is 0 Å². The Balaban J connectivity index is 0. The van der Waals surface area contributed by atoms with E-state index in [-0.39, 0.29) is 43.8 Å². The van der Waals surface area contributed by atoms with Gasteiger partial charge in [0, 0.05) is 43.8 Å². The number of aliphatic hydroxyl groups excluding tert-OH is 1. The van der Waals surface area contributed by atoms with Gasteiger partial charge < -0.3 is 15.9 Å². The van der Waals surface area contributed by atoms with Gasteiger partial charge in [-0.2, -0.15) is 0 Å². The van der Waals surface area contributed by atoms with Gasteiger partial charge in [-0.3, -0.25) is 0 Å². The van der Waals surface area contributed by atoms with Crippen molar-refractivity contribution in [3.8, 4) is 0 Å². The summed E-state index contributed by atoms with van der Waals surface area (Å²) in [5.41, 5.74) is 5.97. The zero-order valence-corrected chi connectivity index (χ0v) is 17.1. The topological polar surface area (TPSA) is 83.6 Å². The number of aliphatic hydroxyl groups is 1. The molecule has 1 aromatic carbocycles. The minimum atomic E-state index is -0.879. The van der Waals surface area contributed by atoms with Crippen molar-refractivity contribution >= 4 is 5.97 Å². The molecule has 5 heteroatoms. The number of nitrogens with two attached hydrogens (primary N) is 1. The number of carboxylic acid groups (broad SMARTS) is 1. The molecular formula is C21H37ArNO3. The van der Waals surface area contributed by atoms with Crippen molar-refractivity contribution in [2.45, 2.75) is 90.2 Å². The van der Waals surface area contributed by atoms with Crippen molar-refractivity contribution in [2.75, 3.05) is 0 Å². The third-order valence-corrected chi connectivity index (χ3v) is 4.25. The SMILES string of the molecule is CC.NC1CCCCC1.O=C(O)c1ccccc1.OC1CCCCC1.[Ar]. The monoisotopic (exact) mass is 391 g/mol. The van der Waals surface area contributed by atoms with E-state index in [1.807, 2.05) is 13.8 Å². The number of benzene rings is 1. The van der Waals surface area contributed by atoms with E-state index in [2.05, 4.69) is 0 Å². The number of rotatable bonds is 1. The van der Waals surface area contributed by atoms with Crippen LogP contribution < -0.4 is 5.73 Å². The summed E-state index contributed by atoms with van der Waals surface area (Å²) in [4.78, 5) is 10.2. The Morgan fingerprint density at radius 3 is 1.54 bits per heavy atom. The summed E-state index contributed by atoms with van der Waals surface area (Å²) in [6.45, 7) is 4.00. The zero-order valence-electron chi connectivity index (χ0n) is 16.3. The fraction of sp³-hybridized carbons (Fsp3) is 0.667. The van der Waals surface area contributed by atoms with E-state index in [0.717, 1.165) is 12.8 Å². The average Bonchev–Trinajstić information content (AvgIpc) is 2.66. The second-order valence-corrected chi connectivity index (χ2v) is 6.36. The fourth-order valence-corrected chi connectivity index (χ4v) is 2.80. The number of hydrogen-bond donors (Lipinski definition) is 3. The third kappa shape index (κ3) is 16.1. The maximum atomic E-state index is 10.2. The zero-order chi connectivity index (χ0) is 18.9. The van der Waals surface area contributed by atoms with Gasteiger partial charge in [-0.05, 0) is 37.8 Å². The molecule has 4 nitrogen and oxygen atoms in total. The van der Waals surface area contributed by atoms with Crippen LogP contribution in [0.2, 0.25) is 0 Å². The molecule has 0 radical (unpaired) electrons. The van der Waals surface area contributed by atoms with Crippen LogP contribution in [0.4, 0.5) is 0 Å². The fourth-order valence-electron chi connectivity index (χ4n) is 2.80. The molecule has 4 N–H and O–H groups in total. The van der Waals surface area contributed by atoms with Crippen molar-refractivity contribution in [1.82, 2.24) is 0 Å². The maximum absolute atomic E-state index is 10.2. The molecule has 0 atom stereocenters. The largest absolute Gasteiger partial charge is 0.478 e. The van der Waals surface area contributed by atoms with Gasteiger partial charge in [0.2, 0.25) is 0 Å². The first-order chi connectivity index (χ1) is 12.1. The van der Waals surface area contributed by atoms with E-state index >= 15 is 0 Å². The summed E-state index contributed by atoms with van der Waals surface area (Å²) in [7, 11) is 0. The van der Waals surface area contributed by atoms with Crippen LogP contribution in [0.5, 0.6) is 0 Å². The van der Waals surface area contributed by atoms with E-state index in [9.17, 15) is 4.79 Å². The van der Waals surface area contributed by atoms with Crippen molar-refractivity contribution in [3.63, 3.8) is 0 Å². The Morgan fingerprint density at radius 2 is 1.31 bits per heavy atom. The molecule has 0 spiro atoms. The van der Waals surface area contributed by atoms with Crippen LogP contribution in [0, 0.1) is 37.7 Å². The molecule has 26 heavy (non-hydrogen) atoms. The first kappa shape index (κ1) is 28.1. The molecule has 0 heterocycles. The number of aromatic carboxylic acids is 1. The normalized spacial score (nSPS) is 16.9. The van der Waals surface area contributed by atoms with Crippen molar-refractivity contribution in [2.24, 2.45) is 5.73 Å². The van der Waals surface area contributed by atoms with Crippen LogP contribution in [0.1, 0.15) is 88.4 Å². The second kappa shape index (κ2) is 19.6. The molecule has 0 bridgehead atoms. The first-order valence-electron chi connectivity index (χ1n) is 9.81. The van der Waals surface area contributed by atoms with Gasteiger partial charge in [0.05, 0.1) is 11.7 Å². The molecule has 2 aliphatic carbocycles. The van der Waals surface area contributed by atoms with Crippen LogP contribution in [0.15, 0.2) is 30.3 Å². The molecule has 0 aliphatic heterocycles.